The molecule has 1 fully saturated rings. The van der Waals surface area contributed by atoms with Gasteiger partial charge in [-0.3, -0.25) is 4.90 Å². The molecule has 1 aliphatic heterocycles. The Kier molecular flexibility index (Phi) is 5.14. The molecule has 20 heavy (non-hydrogen) atoms. The van der Waals surface area contributed by atoms with Crippen LogP contribution in [0.15, 0.2) is 10.6 Å². The fourth-order valence-corrected chi connectivity index (χ4v) is 3.39. The lowest BCUT2D eigenvalue weighted by molar-refractivity contribution is 0.253. The number of nitrogens with one attached hydrogen (secondary N) is 2. The second-order valence-corrected chi connectivity index (χ2v) is 6.93. The maximum absolute atomic E-state index is 12.0. The van der Waals surface area contributed by atoms with Gasteiger partial charge < -0.3 is 9.73 Å². The molecule has 0 aliphatic carbocycles. The normalized spacial score (nSPS) is 19.1. The Balaban J connectivity index is 1.83. The van der Waals surface area contributed by atoms with E-state index in [-0.39, 0.29) is 5.75 Å². The van der Waals surface area contributed by atoms with Crippen LogP contribution in [-0.4, -0.2) is 56.8 Å². The third-order valence-corrected chi connectivity index (χ3v) is 4.68. The number of rotatable bonds is 6. The molecule has 0 spiro atoms. The summed E-state index contributed by atoms with van der Waals surface area (Å²) >= 11 is 0. The highest BCUT2D eigenvalue weighted by Crippen LogP contribution is 2.13. The predicted molar refractivity (Wildman–Crippen MR) is 75.9 cm³/mol. The van der Waals surface area contributed by atoms with Gasteiger partial charge in [0.15, 0.2) is 0 Å². The van der Waals surface area contributed by atoms with Gasteiger partial charge in [-0.25, -0.2) is 18.1 Å². The fourth-order valence-electron chi connectivity index (χ4n) is 2.14. The summed E-state index contributed by atoms with van der Waals surface area (Å²) in [6.45, 7) is 7.68. The summed E-state index contributed by atoms with van der Waals surface area (Å²) < 4.78 is 32.0. The van der Waals surface area contributed by atoms with Gasteiger partial charge in [-0.15, -0.1) is 0 Å². The summed E-state index contributed by atoms with van der Waals surface area (Å²) in [5, 5.41) is 3.24. The average Bonchev–Trinajstić information content (AvgIpc) is 2.84. The molecular weight excluding hydrogens is 280 g/mol. The fraction of sp³-hybridized carbons (Fsp3) is 0.750. The van der Waals surface area contributed by atoms with Crippen molar-refractivity contribution < 1.29 is 12.8 Å². The van der Waals surface area contributed by atoms with E-state index in [1.54, 1.807) is 20.0 Å². The zero-order valence-electron chi connectivity index (χ0n) is 11.9. The van der Waals surface area contributed by atoms with Gasteiger partial charge in [0.1, 0.15) is 5.76 Å². The first kappa shape index (κ1) is 15.4. The summed E-state index contributed by atoms with van der Waals surface area (Å²) in [7, 11) is -3.33. The summed E-state index contributed by atoms with van der Waals surface area (Å²) in [6.07, 6.45) is 1.58. The Bertz CT molecular complexity index is 523. The zero-order chi connectivity index (χ0) is 14.6. The van der Waals surface area contributed by atoms with Gasteiger partial charge in [-0.05, 0) is 13.8 Å². The third-order valence-electron chi connectivity index (χ3n) is 3.25. The molecule has 0 bridgehead atoms. The predicted octanol–water partition coefficient (Wildman–Crippen LogP) is -0.131. The Hall–Kier alpha value is -0.960. The summed E-state index contributed by atoms with van der Waals surface area (Å²) in [4.78, 5) is 6.19. The average molecular weight is 302 g/mol. The van der Waals surface area contributed by atoms with E-state index >= 15 is 0 Å². The number of piperazine rings is 1. The lowest BCUT2D eigenvalue weighted by Gasteiger charge is -2.27. The van der Waals surface area contributed by atoms with Crippen LogP contribution in [0, 0.1) is 6.92 Å². The van der Waals surface area contributed by atoms with Crippen LogP contribution >= 0.6 is 0 Å². The quantitative estimate of drug-likeness (QED) is 0.761. The SMILES string of the molecule is Cc1cnc(C(C)NS(=O)(=O)CCN2CCNCC2)o1. The van der Waals surface area contributed by atoms with Crippen molar-refractivity contribution in [1.82, 2.24) is 19.9 Å². The number of sulfonamides is 1. The van der Waals surface area contributed by atoms with Crippen LogP contribution in [0.3, 0.4) is 0 Å². The second-order valence-electron chi connectivity index (χ2n) is 5.06. The van der Waals surface area contributed by atoms with Crippen molar-refractivity contribution in [2.45, 2.75) is 19.9 Å². The van der Waals surface area contributed by atoms with Crippen molar-refractivity contribution in [3.8, 4) is 0 Å². The molecule has 114 valence electrons. The van der Waals surface area contributed by atoms with Gasteiger partial charge in [0.25, 0.3) is 0 Å². The number of oxazole rings is 1. The minimum absolute atomic E-state index is 0.0943. The minimum Gasteiger partial charge on any atom is -0.444 e. The van der Waals surface area contributed by atoms with Crippen LogP contribution in [-0.2, 0) is 10.0 Å². The van der Waals surface area contributed by atoms with Crippen LogP contribution < -0.4 is 10.0 Å². The number of nitrogens with zero attached hydrogens (tertiary/aromatic N) is 2. The van der Waals surface area contributed by atoms with Crippen molar-refractivity contribution in [1.29, 1.82) is 0 Å². The smallest absolute Gasteiger partial charge is 0.213 e. The van der Waals surface area contributed by atoms with Gasteiger partial charge in [-0.2, -0.15) is 0 Å². The molecule has 1 aromatic heterocycles. The Morgan fingerprint density at radius 1 is 1.50 bits per heavy atom. The summed E-state index contributed by atoms with van der Waals surface area (Å²) in [5.41, 5.74) is 0. The van der Waals surface area contributed by atoms with Crippen molar-refractivity contribution in [3.05, 3.63) is 17.8 Å². The molecule has 1 aliphatic rings. The lowest BCUT2D eigenvalue weighted by Crippen LogP contribution is -2.46. The minimum atomic E-state index is -3.33. The largest absolute Gasteiger partial charge is 0.444 e. The number of hydrogen-bond acceptors (Lipinski definition) is 6. The third kappa shape index (κ3) is 4.55. The molecule has 1 unspecified atom stereocenters. The highest BCUT2D eigenvalue weighted by atomic mass is 32.2. The van der Waals surface area contributed by atoms with Gasteiger partial charge in [0.05, 0.1) is 18.0 Å². The highest BCUT2D eigenvalue weighted by Gasteiger charge is 2.20. The van der Waals surface area contributed by atoms with E-state index in [1.807, 2.05) is 0 Å². The van der Waals surface area contributed by atoms with Gasteiger partial charge in [-0.1, -0.05) is 0 Å². The molecule has 2 N–H and O–H groups in total. The molecule has 1 aromatic rings. The molecule has 7 nitrogen and oxygen atoms in total. The first-order valence-corrected chi connectivity index (χ1v) is 8.47. The van der Waals surface area contributed by atoms with E-state index in [0.717, 1.165) is 26.2 Å². The maximum Gasteiger partial charge on any atom is 0.213 e. The molecular formula is C12H22N4O3S. The van der Waals surface area contributed by atoms with E-state index in [0.29, 0.717) is 18.2 Å². The molecule has 1 atom stereocenters. The lowest BCUT2D eigenvalue weighted by atomic mass is 10.4. The van der Waals surface area contributed by atoms with Crippen LogP contribution in [0.5, 0.6) is 0 Å². The molecule has 0 aromatic carbocycles. The van der Waals surface area contributed by atoms with Crippen LogP contribution in [0.1, 0.15) is 24.6 Å². The van der Waals surface area contributed by atoms with Crippen molar-refractivity contribution >= 4 is 10.0 Å². The van der Waals surface area contributed by atoms with Crippen LogP contribution in [0.2, 0.25) is 0 Å². The van der Waals surface area contributed by atoms with E-state index in [9.17, 15) is 8.42 Å². The van der Waals surface area contributed by atoms with E-state index in [4.69, 9.17) is 4.42 Å². The Labute approximate surface area is 119 Å². The highest BCUT2D eigenvalue weighted by molar-refractivity contribution is 7.89. The molecule has 0 amide bonds. The maximum atomic E-state index is 12.0. The molecule has 0 radical (unpaired) electrons. The molecule has 2 heterocycles. The molecule has 0 saturated carbocycles. The van der Waals surface area contributed by atoms with Crippen molar-refractivity contribution in [3.63, 3.8) is 0 Å². The zero-order valence-corrected chi connectivity index (χ0v) is 12.7. The Morgan fingerprint density at radius 3 is 2.80 bits per heavy atom. The van der Waals surface area contributed by atoms with Crippen LogP contribution in [0.25, 0.3) is 0 Å². The van der Waals surface area contributed by atoms with E-state index < -0.39 is 16.1 Å². The van der Waals surface area contributed by atoms with Gasteiger partial charge in [0.2, 0.25) is 15.9 Å². The van der Waals surface area contributed by atoms with Gasteiger partial charge in [0, 0.05) is 32.7 Å². The Morgan fingerprint density at radius 2 is 2.20 bits per heavy atom. The number of aromatic nitrogens is 1. The van der Waals surface area contributed by atoms with Crippen molar-refractivity contribution in [2.75, 3.05) is 38.5 Å². The second kappa shape index (κ2) is 6.66. The topological polar surface area (TPSA) is 87.5 Å². The number of aryl methyl sites for hydroxylation is 1. The molecule has 8 heteroatoms. The molecule has 1 saturated heterocycles. The first-order chi connectivity index (χ1) is 9.46. The van der Waals surface area contributed by atoms with Crippen LogP contribution in [0.4, 0.5) is 0 Å². The standard InChI is InChI=1S/C12H22N4O3S/c1-10-9-14-12(19-10)11(2)15-20(17,18)8-7-16-5-3-13-4-6-16/h9,11,13,15H,3-8H2,1-2H3. The van der Waals surface area contributed by atoms with Gasteiger partial charge >= 0.3 is 0 Å². The summed E-state index contributed by atoms with van der Waals surface area (Å²) in [5.74, 6) is 1.16. The van der Waals surface area contributed by atoms with E-state index in [2.05, 4.69) is 19.9 Å². The first-order valence-electron chi connectivity index (χ1n) is 6.82. The number of hydrogen-bond donors (Lipinski definition) is 2. The van der Waals surface area contributed by atoms with E-state index in [1.165, 1.54) is 0 Å². The summed E-state index contributed by atoms with van der Waals surface area (Å²) in [6, 6.07) is -0.447. The van der Waals surface area contributed by atoms with Crippen molar-refractivity contribution in [2.24, 2.45) is 0 Å². The molecule has 2 rings (SSSR count). The monoisotopic (exact) mass is 302 g/mol.